The standard InChI is InChI=1S/C8H13NO/c1-3-8(10-2)6-4-5-7-9/h3-6H,1,7,9H2,2H3/b5-4+,8-6+. The van der Waals surface area contributed by atoms with Crippen molar-refractivity contribution < 1.29 is 4.74 Å². The first-order valence-corrected chi connectivity index (χ1v) is 3.08. The lowest BCUT2D eigenvalue weighted by molar-refractivity contribution is 0.307. The van der Waals surface area contributed by atoms with Gasteiger partial charge in [0, 0.05) is 6.54 Å². The largest absolute Gasteiger partial charge is 0.497 e. The first-order valence-electron chi connectivity index (χ1n) is 3.08. The Balaban J connectivity index is 3.85. The van der Waals surface area contributed by atoms with Crippen molar-refractivity contribution in [3.05, 3.63) is 36.6 Å². The van der Waals surface area contributed by atoms with Crippen LogP contribution in [0.5, 0.6) is 0 Å². The van der Waals surface area contributed by atoms with Crippen molar-refractivity contribution in [1.82, 2.24) is 0 Å². The summed E-state index contributed by atoms with van der Waals surface area (Å²) in [6.07, 6.45) is 7.11. The lowest BCUT2D eigenvalue weighted by atomic mass is 10.4. The molecule has 0 rings (SSSR count). The Morgan fingerprint density at radius 2 is 2.40 bits per heavy atom. The molecule has 2 N–H and O–H groups in total. The van der Waals surface area contributed by atoms with Gasteiger partial charge in [-0.3, -0.25) is 0 Å². The van der Waals surface area contributed by atoms with Gasteiger partial charge in [0.2, 0.25) is 0 Å². The van der Waals surface area contributed by atoms with Gasteiger partial charge in [0.25, 0.3) is 0 Å². The molecule has 0 saturated heterocycles. The minimum atomic E-state index is 0.546. The Hall–Kier alpha value is -1.02. The second kappa shape index (κ2) is 6.11. The van der Waals surface area contributed by atoms with Crippen LogP contribution in [0.4, 0.5) is 0 Å². The number of allylic oxidation sites excluding steroid dienone is 3. The van der Waals surface area contributed by atoms with Crippen molar-refractivity contribution in [1.29, 1.82) is 0 Å². The van der Waals surface area contributed by atoms with Crippen LogP contribution in [0.15, 0.2) is 36.6 Å². The maximum atomic E-state index is 5.21. The van der Waals surface area contributed by atoms with Gasteiger partial charge in [-0.05, 0) is 12.2 Å². The molecule has 0 aromatic heterocycles. The summed E-state index contributed by atoms with van der Waals surface area (Å²) in [4.78, 5) is 0. The van der Waals surface area contributed by atoms with E-state index in [1.165, 1.54) is 0 Å². The van der Waals surface area contributed by atoms with E-state index in [0.717, 1.165) is 5.76 Å². The summed E-state index contributed by atoms with van der Waals surface area (Å²) in [6, 6.07) is 0. The normalized spacial score (nSPS) is 12.0. The Morgan fingerprint density at radius 1 is 1.70 bits per heavy atom. The Morgan fingerprint density at radius 3 is 2.80 bits per heavy atom. The van der Waals surface area contributed by atoms with Gasteiger partial charge in [0.1, 0.15) is 5.76 Å². The first kappa shape index (κ1) is 8.98. The highest BCUT2D eigenvalue weighted by Gasteiger charge is 1.80. The predicted molar refractivity (Wildman–Crippen MR) is 43.5 cm³/mol. The first-order chi connectivity index (χ1) is 4.85. The molecule has 2 nitrogen and oxygen atoms in total. The fourth-order valence-electron chi connectivity index (χ4n) is 0.461. The van der Waals surface area contributed by atoms with Gasteiger partial charge in [-0.25, -0.2) is 0 Å². The smallest absolute Gasteiger partial charge is 0.118 e. The number of hydrogen-bond acceptors (Lipinski definition) is 2. The molecule has 0 saturated carbocycles. The lowest BCUT2D eigenvalue weighted by Gasteiger charge is -1.94. The highest BCUT2D eigenvalue weighted by molar-refractivity contribution is 5.16. The van der Waals surface area contributed by atoms with Gasteiger partial charge >= 0.3 is 0 Å². The molecule has 0 aromatic rings. The summed E-state index contributed by atoms with van der Waals surface area (Å²) in [6.45, 7) is 4.10. The summed E-state index contributed by atoms with van der Waals surface area (Å²) >= 11 is 0. The molecular weight excluding hydrogens is 126 g/mol. The molecule has 0 radical (unpaired) electrons. The molecule has 0 amide bonds. The van der Waals surface area contributed by atoms with E-state index in [0.29, 0.717) is 6.54 Å². The molecule has 0 aliphatic rings. The molecule has 0 aliphatic carbocycles. The van der Waals surface area contributed by atoms with Crippen LogP contribution in [0.3, 0.4) is 0 Å². The lowest BCUT2D eigenvalue weighted by Crippen LogP contribution is -1.91. The van der Waals surface area contributed by atoms with Crippen LogP contribution in [0.1, 0.15) is 0 Å². The van der Waals surface area contributed by atoms with Crippen molar-refractivity contribution in [2.75, 3.05) is 13.7 Å². The van der Waals surface area contributed by atoms with Crippen molar-refractivity contribution in [2.24, 2.45) is 5.73 Å². The zero-order valence-electron chi connectivity index (χ0n) is 6.21. The molecule has 0 heterocycles. The molecule has 0 fully saturated rings. The molecule has 10 heavy (non-hydrogen) atoms. The van der Waals surface area contributed by atoms with Crippen molar-refractivity contribution >= 4 is 0 Å². The van der Waals surface area contributed by atoms with Crippen molar-refractivity contribution in [3.8, 4) is 0 Å². The number of methoxy groups -OCH3 is 1. The molecule has 0 spiro atoms. The van der Waals surface area contributed by atoms with Crippen molar-refractivity contribution in [2.45, 2.75) is 0 Å². The van der Waals surface area contributed by atoms with E-state index in [9.17, 15) is 0 Å². The second-order valence-electron chi connectivity index (χ2n) is 1.64. The Bertz CT molecular complexity index is 147. The highest BCUT2D eigenvalue weighted by Crippen LogP contribution is 1.94. The van der Waals surface area contributed by atoms with Crippen LogP contribution < -0.4 is 5.73 Å². The van der Waals surface area contributed by atoms with Crippen LogP contribution in [-0.2, 0) is 4.74 Å². The minimum Gasteiger partial charge on any atom is -0.497 e. The summed E-state index contributed by atoms with van der Waals surface area (Å²) in [7, 11) is 1.60. The van der Waals surface area contributed by atoms with Crippen LogP contribution >= 0.6 is 0 Å². The van der Waals surface area contributed by atoms with Gasteiger partial charge in [0.15, 0.2) is 0 Å². The molecule has 0 bridgehead atoms. The van der Waals surface area contributed by atoms with E-state index in [1.54, 1.807) is 19.3 Å². The van der Waals surface area contributed by atoms with E-state index in [1.807, 2.05) is 12.2 Å². The SMILES string of the molecule is C=C/C(=C\C=C\CN)OC. The Kier molecular flexibility index (Phi) is 5.48. The third-order valence-corrected chi connectivity index (χ3v) is 0.970. The average Bonchev–Trinajstić information content (AvgIpc) is 1.99. The van der Waals surface area contributed by atoms with Gasteiger partial charge in [-0.15, -0.1) is 0 Å². The molecule has 56 valence electrons. The maximum Gasteiger partial charge on any atom is 0.118 e. The number of rotatable bonds is 4. The van der Waals surface area contributed by atoms with E-state index < -0.39 is 0 Å². The summed E-state index contributed by atoms with van der Waals surface area (Å²) in [5, 5.41) is 0. The van der Waals surface area contributed by atoms with E-state index in [2.05, 4.69) is 6.58 Å². The zero-order chi connectivity index (χ0) is 7.82. The van der Waals surface area contributed by atoms with Crippen LogP contribution in [0.2, 0.25) is 0 Å². The topological polar surface area (TPSA) is 35.2 Å². The molecule has 2 heteroatoms. The summed E-state index contributed by atoms with van der Waals surface area (Å²) in [5.74, 6) is 0.740. The summed E-state index contributed by atoms with van der Waals surface area (Å²) in [5.41, 5.74) is 5.21. The molecule has 0 aliphatic heterocycles. The van der Waals surface area contributed by atoms with E-state index in [4.69, 9.17) is 10.5 Å². The zero-order valence-corrected chi connectivity index (χ0v) is 6.21. The van der Waals surface area contributed by atoms with Gasteiger partial charge in [0.05, 0.1) is 7.11 Å². The average molecular weight is 139 g/mol. The third kappa shape index (κ3) is 3.92. The monoisotopic (exact) mass is 139 g/mol. The molecule has 0 unspecified atom stereocenters. The Labute approximate surface area is 61.7 Å². The maximum absolute atomic E-state index is 5.21. The van der Waals surface area contributed by atoms with Crippen LogP contribution in [0, 0.1) is 0 Å². The van der Waals surface area contributed by atoms with Gasteiger partial charge < -0.3 is 10.5 Å². The minimum absolute atomic E-state index is 0.546. The molecular formula is C8H13NO. The van der Waals surface area contributed by atoms with Crippen LogP contribution in [0.25, 0.3) is 0 Å². The van der Waals surface area contributed by atoms with Crippen LogP contribution in [-0.4, -0.2) is 13.7 Å². The van der Waals surface area contributed by atoms with Gasteiger partial charge in [-0.1, -0.05) is 18.7 Å². The quantitative estimate of drug-likeness (QED) is 0.469. The molecule has 0 atom stereocenters. The number of hydrogen-bond donors (Lipinski definition) is 1. The van der Waals surface area contributed by atoms with Crippen molar-refractivity contribution in [3.63, 3.8) is 0 Å². The number of nitrogens with two attached hydrogens (primary N) is 1. The summed E-state index contributed by atoms with van der Waals surface area (Å²) < 4.78 is 4.90. The third-order valence-electron chi connectivity index (χ3n) is 0.970. The fraction of sp³-hybridized carbons (Fsp3) is 0.250. The molecule has 0 aromatic carbocycles. The van der Waals surface area contributed by atoms with E-state index in [-0.39, 0.29) is 0 Å². The van der Waals surface area contributed by atoms with Gasteiger partial charge in [-0.2, -0.15) is 0 Å². The van der Waals surface area contributed by atoms with E-state index >= 15 is 0 Å². The fourth-order valence-corrected chi connectivity index (χ4v) is 0.461. The number of ether oxygens (including phenoxy) is 1. The predicted octanol–water partition coefficient (Wildman–Crippen LogP) is 1.22. The highest BCUT2D eigenvalue weighted by atomic mass is 16.5. The second-order valence-corrected chi connectivity index (χ2v) is 1.64.